The molecule has 0 amide bonds. The minimum absolute atomic E-state index is 0.212. The summed E-state index contributed by atoms with van der Waals surface area (Å²) in [4.78, 5) is 13.8. The molecule has 0 aromatic heterocycles. The van der Waals surface area contributed by atoms with E-state index < -0.39 is 0 Å². The van der Waals surface area contributed by atoms with E-state index in [1.807, 2.05) is 24.3 Å². The number of nitrogens with zero attached hydrogens (tertiary/aromatic N) is 1. The molecular weight excluding hydrogens is 252 g/mol. The quantitative estimate of drug-likeness (QED) is 0.769. The van der Waals surface area contributed by atoms with Crippen LogP contribution in [0.4, 0.5) is 0 Å². The van der Waals surface area contributed by atoms with Gasteiger partial charge < -0.3 is 15.0 Å². The number of carbonyl (C=O) groups excluding carboxylic acids is 1. The van der Waals surface area contributed by atoms with Crippen molar-refractivity contribution in [1.82, 2.24) is 10.2 Å². The molecule has 0 radical (unpaired) electrons. The van der Waals surface area contributed by atoms with E-state index in [9.17, 15) is 4.79 Å². The second kappa shape index (κ2) is 6.07. The van der Waals surface area contributed by atoms with Gasteiger partial charge in [-0.3, -0.25) is 0 Å². The van der Waals surface area contributed by atoms with E-state index in [4.69, 9.17) is 16.3 Å². The molecule has 18 heavy (non-hydrogen) atoms. The third-order valence-corrected chi connectivity index (χ3v) is 3.36. The van der Waals surface area contributed by atoms with Crippen LogP contribution >= 0.6 is 11.6 Å². The van der Waals surface area contributed by atoms with E-state index in [-0.39, 0.29) is 12.0 Å². The fraction of sp³-hybridized carbons (Fsp3) is 0.462. The van der Waals surface area contributed by atoms with Crippen LogP contribution in [0.15, 0.2) is 35.0 Å². The van der Waals surface area contributed by atoms with Crippen LogP contribution in [-0.4, -0.2) is 43.7 Å². The van der Waals surface area contributed by atoms with Crippen molar-refractivity contribution in [3.8, 4) is 0 Å². The summed E-state index contributed by atoms with van der Waals surface area (Å²) in [6.07, 6.45) is 8.58. The Hall–Kier alpha value is -1.26. The minimum Gasteiger partial charge on any atom is -0.467 e. The number of nitrogens with one attached hydrogen (secondary N) is 1. The van der Waals surface area contributed by atoms with Crippen LogP contribution in [0.5, 0.6) is 0 Å². The second-order valence-electron chi connectivity index (χ2n) is 4.25. The molecule has 4 nitrogen and oxygen atoms in total. The highest BCUT2D eigenvalue weighted by atomic mass is 35.5. The fourth-order valence-electron chi connectivity index (χ4n) is 2.14. The lowest BCUT2D eigenvalue weighted by atomic mass is 10.1. The SMILES string of the molecule is COC(=O)[C@H]1CNCCN1C1=CC=C(Cl)CC=C1. The highest BCUT2D eigenvalue weighted by Gasteiger charge is 2.30. The van der Waals surface area contributed by atoms with Crippen LogP contribution in [0.25, 0.3) is 0 Å². The van der Waals surface area contributed by atoms with Gasteiger partial charge in [-0.2, -0.15) is 0 Å². The molecule has 1 aliphatic carbocycles. The predicted molar refractivity (Wildman–Crippen MR) is 71.2 cm³/mol. The Labute approximate surface area is 112 Å². The van der Waals surface area contributed by atoms with Gasteiger partial charge in [0.2, 0.25) is 0 Å². The third-order valence-electron chi connectivity index (χ3n) is 3.08. The molecule has 1 fully saturated rings. The third kappa shape index (κ3) is 2.94. The maximum absolute atomic E-state index is 11.8. The molecule has 0 aromatic carbocycles. The number of ether oxygens (including phenoxy) is 1. The molecule has 98 valence electrons. The number of methoxy groups -OCH3 is 1. The predicted octanol–water partition coefficient (Wildman–Crippen LogP) is 1.40. The Morgan fingerprint density at radius 1 is 1.56 bits per heavy atom. The first-order valence-corrected chi connectivity index (χ1v) is 6.38. The van der Waals surface area contributed by atoms with Gasteiger partial charge in [0.15, 0.2) is 0 Å². The number of hydrogen-bond acceptors (Lipinski definition) is 4. The number of hydrogen-bond donors (Lipinski definition) is 1. The Morgan fingerprint density at radius 2 is 2.39 bits per heavy atom. The van der Waals surface area contributed by atoms with Crippen molar-refractivity contribution in [2.75, 3.05) is 26.7 Å². The standard InChI is InChI=1S/C13H17ClN2O2/c1-18-13(17)12-9-15-7-8-16(12)11-4-2-3-10(14)5-6-11/h2,4-6,12,15H,3,7-9H2,1H3/t12-/m1/s1. The van der Waals surface area contributed by atoms with Gasteiger partial charge in [-0.15, -0.1) is 0 Å². The van der Waals surface area contributed by atoms with E-state index in [0.29, 0.717) is 6.54 Å². The maximum atomic E-state index is 11.8. The molecule has 1 aliphatic heterocycles. The number of carbonyl (C=O) groups is 1. The van der Waals surface area contributed by atoms with Gasteiger partial charge in [-0.25, -0.2) is 4.79 Å². The monoisotopic (exact) mass is 268 g/mol. The van der Waals surface area contributed by atoms with Crippen LogP contribution in [0.1, 0.15) is 6.42 Å². The molecule has 0 saturated carbocycles. The van der Waals surface area contributed by atoms with Crippen LogP contribution in [0, 0.1) is 0 Å². The summed E-state index contributed by atoms with van der Waals surface area (Å²) in [6, 6.07) is -0.273. The zero-order valence-electron chi connectivity index (χ0n) is 10.4. The topological polar surface area (TPSA) is 41.6 Å². The number of halogens is 1. The molecule has 0 bridgehead atoms. The van der Waals surface area contributed by atoms with Gasteiger partial charge in [0, 0.05) is 36.8 Å². The number of allylic oxidation sites excluding steroid dienone is 5. The molecule has 0 spiro atoms. The Kier molecular flexibility index (Phi) is 4.44. The summed E-state index contributed by atoms with van der Waals surface area (Å²) in [5, 5.41) is 4.01. The zero-order chi connectivity index (χ0) is 13.0. The molecule has 0 aromatic rings. The van der Waals surface area contributed by atoms with Crippen molar-refractivity contribution in [2.45, 2.75) is 12.5 Å². The van der Waals surface area contributed by atoms with Crippen LogP contribution in [0.3, 0.4) is 0 Å². The van der Waals surface area contributed by atoms with E-state index >= 15 is 0 Å². The molecular formula is C13H17ClN2O2. The Bertz CT molecular complexity index is 415. The van der Waals surface area contributed by atoms with Crippen LogP contribution in [-0.2, 0) is 9.53 Å². The first kappa shape index (κ1) is 13.2. The average molecular weight is 269 g/mol. The largest absolute Gasteiger partial charge is 0.467 e. The van der Waals surface area contributed by atoms with E-state index in [1.54, 1.807) is 0 Å². The van der Waals surface area contributed by atoms with Crippen molar-refractivity contribution in [1.29, 1.82) is 0 Å². The van der Waals surface area contributed by atoms with Crippen LogP contribution < -0.4 is 5.32 Å². The maximum Gasteiger partial charge on any atom is 0.329 e. The fourth-order valence-corrected chi connectivity index (χ4v) is 2.30. The van der Waals surface area contributed by atoms with Gasteiger partial charge >= 0.3 is 5.97 Å². The van der Waals surface area contributed by atoms with Crippen molar-refractivity contribution in [2.24, 2.45) is 0 Å². The molecule has 1 atom stereocenters. The van der Waals surface area contributed by atoms with E-state index in [2.05, 4.69) is 10.2 Å². The number of rotatable bonds is 2. The second-order valence-corrected chi connectivity index (χ2v) is 4.73. The molecule has 1 saturated heterocycles. The number of esters is 1. The van der Waals surface area contributed by atoms with E-state index in [1.165, 1.54) is 7.11 Å². The summed E-state index contributed by atoms with van der Waals surface area (Å²) >= 11 is 5.99. The normalized spacial score (nSPS) is 24.1. The summed E-state index contributed by atoms with van der Waals surface area (Å²) in [6.45, 7) is 2.24. The Morgan fingerprint density at radius 3 is 3.17 bits per heavy atom. The summed E-state index contributed by atoms with van der Waals surface area (Å²) in [7, 11) is 1.42. The van der Waals surface area contributed by atoms with E-state index in [0.717, 1.165) is 30.2 Å². The number of piperazine rings is 1. The Balaban J connectivity index is 2.21. The van der Waals surface area contributed by atoms with Gasteiger partial charge in [0.25, 0.3) is 0 Å². The molecule has 2 aliphatic rings. The lowest BCUT2D eigenvalue weighted by Gasteiger charge is -2.36. The molecule has 5 heteroatoms. The first-order chi connectivity index (χ1) is 8.72. The minimum atomic E-state index is -0.273. The molecule has 2 rings (SSSR count). The summed E-state index contributed by atoms with van der Waals surface area (Å²) < 4.78 is 4.85. The average Bonchev–Trinajstić information content (AvgIpc) is 2.62. The lowest BCUT2D eigenvalue weighted by Crippen LogP contribution is -2.54. The van der Waals surface area contributed by atoms with Crippen molar-refractivity contribution >= 4 is 17.6 Å². The molecule has 0 unspecified atom stereocenters. The molecule has 1 heterocycles. The van der Waals surface area contributed by atoms with Gasteiger partial charge in [0.1, 0.15) is 6.04 Å². The van der Waals surface area contributed by atoms with Crippen molar-refractivity contribution in [3.63, 3.8) is 0 Å². The van der Waals surface area contributed by atoms with Crippen molar-refractivity contribution < 1.29 is 9.53 Å². The smallest absolute Gasteiger partial charge is 0.329 e. The van der Waals surface area contributed by atoms with Gasteiger partial charge in [-0.05, 0) is 18.2 Å². The first-order valence-electron chi connectivity index (χ1n) is 6.00. The summed E-state index contributed by atoms with van der Waals surface area (Å²) in [5.41, 5.74) is 1.00. The highest BCUT2D eigenvalue weighted by molar-refractivity contribution is 6.29. The van der Waals surface area contributed by atoms with Gasteiger partial charge in [0.05, 0.1) is 7.11 Å². The highest BCUT2D eigenvalue weighted by Crippen LogP contribution is 2.20. The van der Waals surface area contributed by atoms with Crippen molar-refractivity contribution in [3.05, 3.63) is 35.0 Å². The van der Waals surface area contributed by atoms with Gasteiger partial charge in [-0.1, -0.05) is 17.7 Å². The van der Waals surface area contributed by atoms with Crippen LogP contribution in [0.2, 0.25) is 0 Å². The molecule has 1 N–H and O–H groups in total. The summed E-state index contributed by atoms with van der Waals surface area (Å²) in [5.74, 6) is -0.212. The lowest BCUT2D eigenvalue weighted by molar-refractivity contribution is -0.146. The zero-order valence-corrected chi connectivity index (χ0v) is 11.1.